The number of nitro groups is 1. The van der Waals surface area contributed by atoms with Crippen LogP contribution < -0.4 is 0 Å². The van der Waals surface area contributed by atoms with Crippen LogP contribution in [0.4, 0.5) is 11.4 Å². The van der Waals surface area contributed by atoms with E-state index < -0.39 is 4.92 Å². The Kier molecular flexibility index (Phi) is 5.98. The lowest BCUT2D eigenvalue weighted by molar-refractivity contribution is -0.384. The third kappa shape index (κ3) is 5.11. The molecule has 1 aliphatic rings. The molecular formula is C22H24N4O3. The first-order valence-electron chi connectivity index (χ1n) is 9.13. The predicted molar refractivity (Wildman–Crippen MR) is 110 cm³/mol. The summed E-state index contributed by atoms with van der Waals surface area (Å²) < 4.78 is 0. The molecule has 1 aromatic carbocycles. The fourth-order valence-electron chi connectivity index (χ4n) is 2.82. The van der Waals surface area contributed by atoms with Gasteiger partial charge in [0, 0.05) is 17.2 Å². The Morgan fingerprint density at radius 3 is 2.07 bits per heavy atom. The Labute approximate surface area is 170 Å². The summed E-state index contributed by atoms with van der Waals surface area (Å²) in [5, 5.41) is 28.1. The monoisotopic (exact) mass is 392 g/mol. The number of azo groups is 1. The third-order valence-corrected chi connectivity index (χ3v) is 4.40. The lowest BCUT2D eigenvalue weighted by Crippen LogP contribution is -2.27. The Morgan fingerprint density at radius 2 is 1.62 bits per heavy atom. The van der Waals surface area contributed by atoms with Gasteiger partial charge in [-0.3, -0.25) is 14.9 Å². The molecule has 0 atom stereocenters. The number of nitro benzene ring substituents is 1. The molecule has 0 saturated heterocycles. The fourth-order valence-corrected chi connectivity index (χ4v) is 2.82. The molecule has 0 unspecified atom stereocenters. The Morgan fingerprint density at radius 1 is 1.07 bits per heavy atom. The van der Waals surface area contributed by atoms with Gasteiger partial charge >= 0.3 is 0 Å². The number of rotatable bonds is 3. The average molecular weight is 392 g/mol. The molecule has 0 N–H and O–H groups in total. The van der Waals surface area contributed by atoms with Crippen LogP contribution >= 0.6 is 0 Å². The first-order valence-corrected chi connectivity index (χ1v) is 9.13. The summed E-state index contributed by atoms with van der Waals surface area (Å²) in [6, 6.07) is 5.86. The largest absolute Gasteiger partial charge is 0.298 e. The molecule has 1 aromatic rings. The van der Waals surface area contributed by atoms with Gasteiger partial charge in [-0.15, -0.1) is 5.11 Å². The van der Waals surface area contributed by atoms with Crippen LogP contribution in [0, 0.1) is 32.3 Å². The maximum Gasteiger partial charge on any atom is 0.298 e. The van der Waals surface area contributed by atoms with Crippen LogP contribution in [0.5, 0.6) is 0 Å². The Bertz CT molecular complexity index is 988. The molecular weight excluding hydrogens is 368 g/mol. The van der Waals surface area contributed by atoms with E-state index in [0.29, 0.717) is 16.7 Å². The van der Waals surface area contributed by atoms with Crippen molar-refractivity contribution in [1.82, 2.24) is 0 Å². The Hall–Kier alpha value is -3.40. The Balaban J connectivity index is 2.49. The molecule has 0 bridgehead atoms. The topological polar surface area (TPSA) is 109 Å². The van der Waals surface area contributed by atoms with Crippen molar-refractivity contribution in [3.8, 4) is 6.07 Å². The minimum Gasteiger partial charge on any atom is -0.289 e. The molecule has 0 saturated carbocycles. The number of allylic oxidation sites excluding steroid dienone is 5. The highest BCUT2D eigenvalue weighted by molar-refractivity contribution is 6.11. The van der Waals surface area contributed by atoms with Crippen molar-refractivity contribution < 1.29 is 9.72 Å². The summed E-state index contributed by atoms with van der Waals surface area (Å²) in [6.45, 7) is 11.8. The van der Waals surface area contributed by atoms with Gasteiger partial charge in [0.25, 0.3) is 5.69 Å². The number of hydrogen-bond acceptors (Lipinski definition) is 6. The van der Waals surface area contributed by atoms with Crippen molar-refractivity contribution in [3.05, 3.63) is 68.9 Å². The zero-order valence-corrected chi connectivity index (χ0v) is 17.5. The molecule has 0 radical (unpaired) electrons. The standard InChI is InChI=1S/C22H24N4O3/c1-21(2,3)16-9-15(10-17(20(16)27)22(4,5)6)13-24-25-18-8-7-14(12-23)11-19(18)26(28)29/h7-11,13H,1-6H3. The third-order valence-electron chi connectivity index (χ3n) is 4.40. The van der Waals surface area contributed by atoms with Gasteiger partial charge in [0.1, 0.15) is 0 Å². The van der Waals surface area contributed by atoms with E-state index in [-0.39, 0.29) is 33.6 Å². The van der Waals surface area contributed by atoms with Gasteiger partial charge < -0.3 is 0 Å². The minimum atomic E-state index is -0.600. The highest BCUT2D eigenvalue weighted by Crippen LogP contribution is 2.39. The van der Waals surface area contributed by atoms with Crippen molar-refractivity contribution in [2.24, 2.45) is 21.1 Å². The van der Waals surface area contributed by atoms with E-state index in [1.165, 1.54) is 18.3 Å². The van der Waals surface area contributed by atoms with E-state index in [1.807, 2.05) is 47.6 Å². The molecule has 0 amide bonds. The number of nitriles is 1. The summed E-state index contributed by atoms with van der Waals surface area (Å²) in [5.74, 6) is 0.0156. The van der Waals surface area contributed by atoms with Crippen LogP contribution in [-0.2, 0) is 4.79 Å². The predicted octanol–water partition coefficient (Wildman–Crippen LogP) is 5.96. The molecule has 0 heterocycles. The van der Waals surface area contributed by atoms with Gasteiger partial charge in [0.15, 0.2) is 11.5 Å². The zero-order valence-electron chi connectivity index (χ0n) is 17.5. The quantitative estimate of drug-likeness (QED) is 0.359. The molecule has 0 spiro atoms. The SMILES string of the molecule is CC(C)(C)C1=CC(=CN=Nc2ccc(C#N)cc2[N+](=O)[O-])C=C(C(C)(C)C)C1=O. The molecule has 1 aliphatic carbocycles. The molecule has 0 fully saturated rings. The van der Waals surface area contributed by atoms with Gasteiger partial charge in [-0.1, -0.05) is 41.5 Å². The van der Waals surface area contributed by atoms with Crippen molar-refractivity contribution in [2.75, 3.05) is 0 Å². The number of carbonyl (C=O) groups excluding carboxylic acids is 1. The molecule has 0 aromatic heterocycles. The van der Waals surface area contributed by atoms with Crippen LogP contribution in [0.2, 0.25) is 0 Å². The second-order valence-electron chi connectivity index (χ2n) is 8.86. The van der Waals surface area contributed by atoms with Gasteiger partial charge in [-0.05, 0) is 40.7 Å². The van der Waals surface area contributed by atoms with E-state index in [2.05, 4.69) is 10.2 Å². The smallest absolute Gasteiger partial charge is 0.289 e. The van der Waals surface area contributed by atoms with Crippen LogP contribution in [-0.4, -0.2) is 10.7 Å². The van der Waals surface area contributed by atoms with Crippen LogP contribution in [0.15, 0.2) is 63.5 Å². The number of Topliss-reactive ketones (excluding diaryl/α,β-unsaturated/α-hetero) is 1. The summed E-state index contributed by atoms with van der Waals surface area (Å²) >= 11 is 0. The number of nitrogens with zero attached hydrogens (tertiary/aromatic N) is 4. The summed E-state index contributed by atoms with van der Waals surface area (Å²) in [7, 11) is 0. The highest BCUT2D eigenvalue weighted by atomic mass is 16.6. The number of benzene rings is 1. The molecule has 0 aliphatic heterocycles. The van der Waals surface area contributed by atoms with Crippen molar-refractivity contribution in [1.29, 1.82) is 5.26 Å². The van der Waals surface area contributed by atoms with E-state index in [9.17, 15) is 14.9 Å². The van der Waals surface area contributed by atoms with Crippen molar-refractivity contribution in [3.63, 3.8) is 0 Å². The molecule has 2 rings (SSSR count). The first-order chi connectivity index (χ1) is 13.3. The van der Waals surface area contributed by atoms with E-state index in [0.717, 1.165) is 6.07 Å². The average Bonchev–Trinajstić information content (AvgIpc) is 2.60. The summed E-state index contributed by atoms with van der Waals surface area (Å²) in [6.07, 6.45) is 5.04. The van der Waals surface area contributed by atoms with E-state index in [4.69, 9.17) is 5.26 Å². The molecule has 150 valence electrons. The van der Waals surface area contributed by atoms with Gasteiger partial charge in [-0.25, -0.2) is 0 Å². The molecule has 29 heavy (non-hydrogen) atoms. The number of ketones is 1. The van der Waals surface area contributed by atoms with Crippen LogP contribution in [0.25, 0.3) is 0 Å². The lowest BCUT2D eigenvalue weighted by Gasteiger charge is -2.31. The van der Waals surface area contributed by atoms with Crippen molar-refractivity contribution in [2.45, 2.75) is 41.5 Å². The van der Waals surface area contributed by atoms with Gasteiger partial charge in [0.05, 0.1) is 22.8 Å². The van der Waals surface area contributed by atoms with E-state index in [1.54, 1.807) is 12.2 Å². The van der Waals surface area contributed by atoms with E-state index >= 15 is 0 Å². The van der Waals surface area contributed by atoms with Gasteiger partial charge in [-0.2, -0.15) is 10.4 Å². The summed E-state index contributed by atoms with van der Waals surface area (Å²) in [4.78, 5) is 23.5. The molecule has 7 nitrogen and oxygen atoms in total. The second kappa shape index (κ2) is 7.92. The fraction of sp³-hybridized carbons (Fsp3) is 0.364. The minimum absolute atomic E-state index is 0.0156. The first kappa shape index (κ1) is 21.9. The van der Waals surface area contributed by atoms with Crippen LogP contribution in [0.1, 0.15) is 47.1 Å². The van der Waals surface area contributed by atoms with Crippen molar-refractivity contribution >= 4 is 17.2 Å². The zero-order chi connectivity index (χ0) is 22.0. The number of carbonyl (C=O) groups is 1. The maximum atomic E-state index is 12.9. The normalized spacial score (nSPS) is 15.1. The lowest BCUT2D eigenvalue weighted by atomic mass is 9.72. The second-order valence-corrected chi connectivity index (χ2v) is 8.86. The molecule has 7 heteroatoms. The highest BCUT2D eigenvalue weighted by Gasteiger charge is 2.33. The van der Waals surface area contributed by atoms with Gasteiger partial charge in [0.2, 0.25) is 0 Å². The number of hydrogen-bond donors (Lipinski definition) is 0. The maximum absolute atomic E-state index is 12.9. The summed E-state index contributed by atoms with van der Waals surface area (Å²) in [5.41, 5.74) is 1.30. The van der Waals surface area contributed by atoms with Crippen LogP contribution in [0.3, 0.4) is 0 Å².